The van der Waals surface area contributed by atoms with Gasteiger partial charge in [0.05, 0.1) is 34.1 Å². The number of hydrogen-bond donors (Lipinski definition) is 0. The number of aromatic nitrogens is 1. The van der Waals surface area contributed by atoms with Gasteiger partial charge in [-0.15, -0.1) is 0 Å². The van der Waals surface area contributed by atoms with Crippen molar-refractivity contribution in [1.29, 1.82) is 0 Å². The molecule has 0 bridgehead atoms. The fraction of sp³-hybridized carbons (Fsp3) is 0.391. The van der Waals surface area contributed by atoms with Gasteiger partial charge in [-0.3, -0.25) is 14.6 Å². The molecule has 1 amide bonds. The number of aryl methyl sites for hydroxylation is 1. The Labute approximate surface area is 192 Å². The van der Waals surface area contributed by atoms with Crippen LogP contribution in [0.4, 0.5) is 5.13 Å². The van der Waals surface area contributed by atoms with Gasteiger partial charge in [-0.1, -0.05) is 41.7 Å². The molecule has 1 aliphatic rings. The van der Waals surface area contributed by atoms with Crippen molar-refractivity contribution >= 4 is 42.4 Å². The highest BCUT2D eigenvalue weighted by molar-refractivity contribution is 7.91. The van der Waals surface area contributed by atoms with Crippen LogP contribution >= 0.6 is 11.3 Å². The van der Waals surface area contributed by atoms with Crippen molar-refractivity contribution in [3.8, 4) is 0 Å². The monoisotopic (exact) mass is 473 g/mol. The SMILES string of the molecule is Cc1cccc2sc(N(CCN3CCOCC3)C(=O)CCS(=O)(=O)c3ccccc3)nc12. The van der Waals surface area contributed by atoms with Gasteiger partial charge < -0.3 is 4.74 Å². The van der Waals surface area contributed by atoms with E-state index in [1.165, 1.54) is 11.3 Å². The Morgan fingerprint density at radius 1 is 1.12 bits per heavy atom. The van der Waals surface area contributed by atoms with Crippen LogP contribution in [0.25, 0.3) is 10.2 Å². The molecule has 2 aromatic carbocycles. The number of rotatable bonds is 8. The number of benzene rings is 2. The van der Waals surface area contributed by atoms with Gasteiger partial charge in [-0.05, 0) is 30.7 Å². The predicted octanol–water partition coefficient (Wildman–Crippen LogP) is 3.13. The highest BCUT2D eigenvalue weighted by atomic mass is 32.2. The van der Waals surface area contributed by atoms with E-state index < -0.39 is 9.84 Å². The van der Waals surface area contributed by atoms with Gasteiger partial charge in [0.25, 0.3) is 0 Å². The highest BCUT2D eigenvalue weighted by Gasteiger charge is 2.24. The molecule has 1 aromatic heterocycles. The van der Waals surface area contributed by atoms with Gasteiger partial charge >= 0.3 is 0 Å². The lowest BCUT2D eigenvalue weighted by Crippen LogP contribution is -2.43. The Balaban J connectivity index is 1.53. The van der Waals surface area contributed by atoms with E-state index >= 15 is 0 Å². The van der Waals surface area contributed by atoms with Crippen LogP contribution in [0.15, 0.2) is 53.4 Å². The third-order valence-electron chi connectivity index (χ3n) is 5.57. The van der Waals surface area contributed by atoms with Gasteiger partial charge in [0, 0.05) is 32.6 Å². The molecular weight excluding hydrogens is 446 g/mol. The largest absolute Gasteiger partial charge is 0.379 e. The van der Waals surface area contributed by atoms with Crippen LogP contribution in [0.3, 0.4) is 0 Å². The first-order chi connectivity index (χ1) is 15.4. The number of carbonyl (C=O) groups excluding carboxylic acids is 1. The van der Waals surface area contributed by atoms with E-state index in [0.29, 0.717) is 31.4 Å². The number of nitrogens with zero attached hydrogens (tertiary/aromatic N) is 3. The lowest BCUT2D eigenvalue weighted by atomic mass is 10.2. The smallest absolute Gasteiger partial charge is 0.229 e. The lowest BCUT2D eigenvalue weighted by molar-refractivity contribution is -0.118. The lowest BCUT2D eigenvalue weighted by Gasteiger charge is -2.29. The predicted molar refractivity (Wildman–Crippen MR) is 127 cm³/mol. The Kier molecular flexibility index (Phi) is 7.20. The second kappa shape index (κ2) is 10.1. The minimum absolute atomic E-state index is 0.0880. The summed E-state index contributed by atoms with van der Waals surface area (Å²) < 4.78 is 31.8. The molecule has 0 N–H and O–H groups in total. The maximum absolute atomic E-state index is 13.2. The summed E-state index contributed by atoms with van der Waals surface area (Å²) in [4.78, 5) is 22.1. The van der Waals surface area contributed by atoms with Gasteiger partial charge in [-0.25, -0.2) is 13.4 Å². The van der Waals surface area contributed by atoms with Crippen LogP contribution in [-0.2, 0) is 19.4 Å². The zero-order chi connectivity index (χ0) is 22.6. The van der Waals surface area contributed by atoms with Crippen molar-refractivity contribution in [2.24, 2.45) is 0 Å². The van der Waals surface area contributed by atoms with Crippen LogP contribution in [0.1, 0.15) is 12.0 Å². The zero-order valence-corrected chi connectivity index (χ0v) is 19.7. The molecule has 32 heavy (non-hydrogen) atoms. The average Bonchev–Trinajstić information content (AvgIpc) is 3.24. The van der Waals surface area contributed by atoms with E-state index in [1.807, 2.05) is 25.1 Å². The van der Waals surface area contributed by atoms with Crippen LogP contribution in [-0.4, -0.2) is 69.4 Å². The second-order valence-corrected chi connectivity index (χ2v) is 10.9. The molecule has 0 unspecified atom stereocenters. The molecule has 0 radical (unpaired) electrons. The van der Waals surface area contributed by atoms with Gasteiger partial charge in [0.15, 0.2) is 15.0 Å². The first-order valence-corrected chi connectivity index (χ1v) is 13.2. The third-order valence-corrected chi connectivity index (χ3v) is 8.35. The zero-order valence-electron chi connectivity index (χ0n) is 18.1. The van der Waals surface area contributed by atoms with Gasteiger partial charge in [-0.2, -0.15) is 0 Å². The van der Waals surface area contributed by atoms with E-state index in [4.69, 9.17) is 9.72 Å². The molecule has 0 aliphatic carbocycles. The summed E-state index contributed by atoms with van der Waals surface area (Å²) in [5.41, 5.74) is 1.94. The average molecular weight is 474 g/mol. The van der Waals surface area contributed by atoms with Crippen molar-refractivity contribution in [2.45, 2.75) is 18.2 Å². The second-order valence-electron chi connectivity index (χ2n) is 7.80. The fourth-order valence-corrected chi connectivity index (χ4v) is 6.02. The summed E-state index contributed by atoms with van der Waals surface area (Å²) in [6.45, 7) is 6.16. The Bertz CT molecular complexity index is 1170. The molecule has 1 fully saturated rings. The number of hydrogen-bond acceptors (Lipinski definition) is 7. The number of thiazole rings is 1. The van der Waals surface area contributed by atoms with Crippen molar-refractivity contribution in [3.05, 3.63) is 54.1 Å². The first kappa shape index (κ1) is 22.8. The van der Waals surface area contributed by atoms with Crippen LogP contribution in [0, 0.1) is 6.92 Å². The number of sulfone groups is 1. The molecule has 2 heterocycles. The molecule has 7 nitrogen and oxygen atoms in total. The van der Waals surface area contributed by atoms with E-state index in [2.05, 4.69) is 4.90 Å². The normalized spacial score (nSPS) is 15.2. The minimum atomic E-state index is -3.53. The van der Waals surface area contributed by atoms with E-state index in [-0.39, 0.29) is 23.0 Å². The van der Waals surface area contributed by atoms with Crippen LogP contribution in [0.2, 0.25) is 0 Å². The molecule has 0 saturated carbocycles. The molecule has 0 atom stereocenters. The molecular formula is C23H27N3O4S2. The van der Waals surface area contributed by atoms with Crippen molar-refractivity contribution in [2.75, 3.05) is 50.0 Å². The Morgan fingerprint density at radius 2 is 1.88 bits per heavy atom. The first-order valence-electron chi connectivity index (χ1n) is 10.7. The van der Waals surface area contributed by atoms with Gasteiger partial charge in [0.2, 0.25) is 5.91 Å². The van der Waals surface area contributed by atoms with E-state index in [9.17, 15) is 13.2 Å². The van der Waals surface area contributed by atoms with Crippen molar-refractivity contribution in [1.82, 2.24) is 9.88 Å². The van der Waals surface area contributed by atoms with E-state index in [0.717, 1.165) is 28.9 Å². The molecule has 4 rings (SSSR count). The summed E-state index contributed by atoms with van der Waals surface area (Å²) in [5, 5.41) is 0.615. The molecule has 0 spiro atoms. The van der Waals surface area contributed by atoms with E-state index in [1.54, 1.807) is 35.2 Å². The molecule has 3 aromatic rings. The summed E-state index contributed by atoms with van der Waals surface area (Å²) in [5.74, 6) is -0.456. The minimum Gasteiger partial charge on any atom is -0.379 e. The Morgan fingerprint density at radius 3 is 2.59 bits per heavy atom. The molecule has 9 heteroatoms. The van der Waals surface area contributed by atoms with Crippen LogP contribution < -0.4 is 4.90 Å². The van der Waals surface area contributed by atoms with Gasteiger partial charge in [0.1, 0.15) is 0 Å². The maximum atomic E-state index is 13.2. The number of ether oxygens (including phenoxy) is 1. The summed E-state index contributed by atoms with van der Waals surface area (Å²) in [6.07, 6.45) is -0.0880. The molecule has 1 saturated heterocycles. The summed E-state index contributed by atoms with van der Waals surface area (Å²) in [7, 11) is -3.53. The quantitative estimate of drug-likeness (QED) is 0.500. The van der Waals surface area contributed by atoms with Crippen molar-refractivity contribution in [3.63, 3.8) is 0 Å². The van der Waals surface area contributed by atoms with Crippen LogP contribution in [0.5, 0.6) is 0 Å². The highest BCUT2D eigenvalue weighted by Crippen LogP contribution is 2.31. The number of morpholine rings is 1. The summed E-state index contributed by atoms with van der Waals surface area (Å²) in [6, 6.07) is 14.2. The molecule has 1 aliphatic heterocycles. The number of amides is 1. The number of carbonyl (C=O) groups is 1. The number of anilines is 1. The number of fused-ring (bicyclic) bond motifs is 1. The fourth-order valence-electron chi connectivity index (χ4n) is 3.69. The Hall–Kier alpha value is -2.33. The third kappa shape index (κ3) is 5.35. The summed E-state index contributed by atoms with van der Waals surface area (Å²) >= 11 is 1.47. The standard InChI is InChI=1S/C23H27N3O4S2/c1-18-6-5-9-20-22(18)24-23(31-20)26(12-11-25-13-15-30-16-14-25)21(27)10-17-32(28,29)19-7-3-2-4-8-19/h2-9H,10-17H2,1H3. The maximum Gasteiger partial charge on any atom is 0.229 e. The molecule has 170 valence electrons. The topological polar surface area (TPSA) is 79.8 Å². The van der Waals surface area contributed by atoms with Crippen molar-refractivity contribution < 1.29 is 17.9 Å². The number of para-hydroxylation sites is 1.